The minimum atomic E-state index is -2.79. The number of halogens is 1. The lowest BCUT2D eigenvalue weighted by molar-refractivity contribution is 0.0803. The zero-order chi connectivity index (χ0) is 15.7. The predicted octanol–water partition coefficient (Wildman–Crippen LogP) is 2.21. The molecular weight excluding hydrogens is 320 g/mol. The second-order valence-corrected chi connectivity index (χ2v) is 9.02. The standard InChI is InChI=1S/C16H23ClN2O2S/c1-13(14-3-2-4-15(17)11-14)18-6-8-19(9-7-18)16-5-10-22(20,21)12-16/h2-4,11,13,16H,5-10,12H2,1H3. The summed E-state index contributed by atoms with van der Waals surface area (Å²) in [7, 11) is -2.79. The van der Waals surface area contributed by atoms with Crippen LogP contribution >= 0.6 is 11.6 Å². The van der Waals surface area contributed by atoms with Gasteiger partial charge in [-0.25, -0.2) is 8.42 Å². The minimum absolute atomic E-state index is 0.230. The highest BCUT2D eigenvalue weighted by molar-refractivity contribution is 7.91. The van der Waals surface area contributed by atoms with E-state index >= 15 is 0 Å². The van der Waals surface area contributed by atoms with Crippen molar-refractivity contribution < 1.29 is 8.42 Å². The predicted molar refractivity (Wildman–Crippen MR) is 90.1 cm³/mol. The van der Waals surface area contributed by atoms with Crippen LogP contribution in [0.25, 0.3) is 0 Å². The molecule has 2 fully saturated rings. The van der Waals surface area contributed by atoms with Crippen LogP contribution in [0.5, 0.6) is 0 Å². The summed E-state index contributed by atoms with van der Waals surface area (Å²) in [5.41, 5.74) is 1.24. The largest absolute Gasteiger partial charge is 0.297 e. The van der Waals surface area contributed by atoms with Crippen molar-refractivity contribution in [1.82, 2.24) is 9.80 Å². The zero-order valence-corrected chi connectivity index (χ0v) is 14.5. The van der Waals surface area contributed by atoms with Gasteiger partial charge in [-0.15, -0.1) is 0 Å². The molecule has 3 rings (SSSR count). The number of piperazine rings is 1. The van der Waals surface area contributed by atoms with Gasteiger partial charge in [0, 0.05) is 43.3 Å². The van der Waals surface area contributed by atoms with Crippen molar-refractivity contribution in [2.45, 2.75) is 25.4 Å². The average Bonchev–Trinajstić information content (AvgIpc) is 2.87. The first-order valence-corrected chi connectivity index (χ1v) is 10.1. The van der Waals surface area contributed by atoms with E-state index in [2.05, 4.69) is 22.8 Å². The van der Waals surface area contributed by atoms with Gasteiger partial charge in [0.15, 0.2) is 9.84 Å². The van der Waals surface area contributed by atoms with Crippen LogP contribution < -0.4 is 0 Å². The zero-order valence-electron chi connectivity index (χ0n) is 12.9. The van der Waals surface area contributed by atoms with E-state index in [1.54, 1.807) is 0 Å². The van der Waals surface area contributed by atoms with Crippen LogP contribution in [0.1, 0.15) is 24.9 Å². The molecule has 2 saturated heterocycles. The van der Waals surface area contributed by atoms with Crippen molar-refractivity contribution in [1.29, 1.82) is 0 Å². The molecule has 2 heterocycles. The molecule has 2 atom stereocenters. The van der Waals surface area contributed by atoms with E-state index in [0.717, 1.165) is 37.6 Å². The van der Waals surface area contributed by atoms with Crippen molar-refractivity contribution in [2.75, 3.05) is 37.7 Å². The van der Waals surface area contributed by atoms with Gasteiger partial charge in [0.25, 0.3) is 0 Å². The minimum Gasteiger partial charge on any atom is -0.297 e. The summed E-state index contributed by atoms with van der Waals surface area (Å²) in [6.07, 6.45) is 0.798. The van der Waals surface area contributed by atoms with E-state index in [1.165, 1.54) is 5.56 Å². The van der Waals surface area contributed by atoms with Crippen molar-refractivity contribution in [3.8, 4) is 0 Å². The second-order valence-electron chi connectivity index (χ2n) is 6.36. The third-order valence-corrected chi connectivity index (χ3v) is 6.94. The molecule has 0 aromatic heterocycles. The quantitative estimate of drug-likeness (QED) is 0.844. The summed E-state index contributed by atoms with van der Waals surface area (Å²) >= 11 is 6.08. The topological polar surface area (TPSA) is 40.6 Å². The van der Waals surface area contributed by atoms with Gasteiger partial charge in [0.1, 0.15) is 0 Å². The van der Waals surface area contributed by atoms with E-state index in [1.807, 2.05) is 18.2 Å². The van der Waals surface area contributed by atoms with Crippen molar-refractivity contribution >= 4 is 21.4 Å². The van der Waals surface area contributed by atoms with Gasteiger partial charge in [-0.05, 0) is 31.0 Å². The molecule has 6 heteroatoms. The van der Waals surface area contributed by atoms with Crippen molar-refractivity contribution in [3.05, 3.63) is 34.9 Å². The van der Waals surface area contributed by atoms with Crippen LogP contribution in [0.3, 0.4) is 0 Å². The van der Waals surface area contributed by atoms with Crippen LogP contribution in [0.2, 0.25) is 5.02 Å². The summed E-state index contributed by atoms with van der Waals surface area (Å²) in [5.74, 6) is 0.702. The van der Waals surface area contributed by atoms with Crippen LogP contribution in [-0.2, 0) is 9.84 Å². The first-order valence-electron chi connectivity index (χ1n) is 7.88. The lowest BCUT2D eigenvalue weighted by atomic mass is 10.1. The van der Waals surface area contributed by atoms with Gasteiger partial charge in [0.2, 0.25) is 0 Å². The summed E-state index contributed by atoms with van der Waals surface area (Å²) in [4.78, 5) is 4.80. The van der Waals surface area contributed by atoms with Crippen LogP contribution in [0.4, 0.5) is 0 Å². The summed E-state index contributed by atoms with van der Waals surface area (Å²) in [5, 5.41) is 0.777. The highest BCUT2D eigenvalue weighted by atomic mass is 35.5. The molecule has 122 valence electrons. The van der Waals surface area contributed by atoms with Crippen molar-refractivity contribution in [3.63, 3.8) is 0 Å². The molecule has 1 aromatic rings. The molecule has 4 nitrogen and oxygen atoms in total. The normalized spacial score (nSPS) is 27.8. The van der Waals surface area contributed by atoms with Crippen LogP contribution in [-0.4, -0.2) is 61.9 Å². The Hall–Kier alpha value is -0.620. The molecule has 0 spiro atoms. The fourth-order valence-electron chi connectivity index (χ4n) is 3.53. The Bertz CT molecular complexity index is 627. The number of benzene rings is 1. The van der Waals surface area contributed by atoms with Gasteiger partial charge < -0.3 is 0 Å². The van der Waals surface area contributed by atoms with E-state index in [9.17, 15) is 8.42 Å². The Labute approximate surface area is 138 Å². The Morgan fingerprint density at radius 1 is 1.23 bits per heavy atom. The molecule has 2 unspecified atom stereocenters. The highest BCUT2D eigenvalue weighted by Crippen LogP contribution is 2.26. The number of sulfone groups is 1. The first-order chi connectivity index (χ1) is 10.4. The molecule has 0 amide bonds. The molecule has 0 aliphatic carbocycles. The maximum atomic E-state index is 11.6. The fourth-order valence-corrected chi connectivity index (χ4v) is 5.49. The molecule has 0 saturated carbocycles. The maximum Gasteiger partial charge on any atom is 0.151 e. The van der Waals surface area contributed by atoms with Gasteiger partial charge in [-0.1, -0.05) is 23.7 Å². The Balaban J connectivity index is 1.58. The molecule has 0 radical (unpaired) electrons. The Morgan fingerprint density at radius 2 is 1.95 bits per heavy atom. The lowest BCUT2D eigenvalue weighted by Crippen LogP contribution is -2.51. The second kappa shape index (κ2) is 6.48. The van der Waals surface area contributed by atoms with Gasteiger partial charge >= 0.3 is 0 Å². The fraction of sp³-hybridized carbons (Fsp3) is 0.625. The molecule has 22 heavy (non-hydrogen) atoms. The summed E-state index contributed by atoms with van der Waals surface area (Å²) in [6, 6.07) is 8.61. The summed E-state index contributed by atoms with van der Waals surface area (Å²) in [6.45, 7) is 6.06. The maximum absolute atomic E-state index is 11.6. The van der Waals surface area contributed by atoms with E-state index in [0.29, 0.717) is 17.5 Å². The molecule has 2 aliphatic rings. The third-order valence-electron chi connectivity index (χ3n) is 4.95. The highest BCUT2D eigenvalue weighted by Gasteiger charge is 2.34. The molecule has 0 N–H and O–H groups in total. The molecular formula is C16H23ClN2O2S. The van der Waals surface area contributed by atoms with Gasteiger partial charge in [0.05, 0.1) is 11.5 Å². The number of rotatable bonds is 3. The number of nitrogens with zero attached hydrogens (tertiary/aromatic N) is 2. The van der Waals surface area contributed by atoms with Crippen LogP contribution in [0.15, 0.2) is 24.3 Å². The van der Waals surface area contributed by atoms with E-state index in [4.69, 9.17) is 11.6 Å². The molecule has 0 bridgehead atoms. The van der Waals surface area contributed by atoms with Crippen LogP contribution in [0, 0.1) is 0 Å². The lowest BCUT2D eigenvalue weighted by Gasteiger charge is -2.40. The van der Waals surface area contributed by atoms with E-state index < -0.39 is 9.84 Å². The Kier molecular flexibility index (Phi) is 4.78. The SMILES string of the molecule is CC(c1cccc(Cl)c1)N1CCN(C2CCS(=O)(=O)C2)CC1. The number of hydrogen-bond acceptors (Lipinski definition) is 4. The average molecular weight is 343 g/mol. The van der Waals surface area contributed by atoms with Gasteiger partial charge in [-0.3, -0.25) is 9.80 Å². The third kappa shape index (κ3) is 3.65. The van der Waals surface area contributed by atoms with Crippen molar-refractivity contribution in [2.24, 2.45) is 0 Å². The monoisotopic (exact) mass is 342 g/mol. The van der Waals surface area contributed by atoms with E-state index in [-0.39, 0.29) is 6.04 Å². The summed E-state index contributed by atoms with van der Waals surface area (Å²) < 4.78 is 23.2. The molecule has 1 aromatic carbocycles. The Morgan fingerprint density at radius 3 is 2.55 bits per heavy atom. The smallest absolute Gasteiger partial charge is 0.151 e. The first kappa shape index (κ1) is 16.2. The number of hydrogen-bond donors (Lipinski definition) is 0. The molecule has 2 aliphatic heterocycles. The van der Waals surface area contributed by atoms with Gasteiger partial charge in [-0.2, -0.15) is 0 Å².